The minimum absolute atomic E-state index is 0.900. The van der Waals surface area contributed by atoms with Crippen molar-refractivity contribution in [3.05, 3.63) is 53.6 Å². The summed E-state index contributed by atoms with van der Waals surface area (Å²) in [5, 5.41) is 3.48. The number of hydrogen-bond donors (Lipinski definition) is 1. The third-order valence-electron chi connectivity index (χ3n) is 3.39. The van der Waals surface area contributed by atoms with Gasteiger partial charge in [0.1, 0.15) is 5.75 Å². The van der Waals surface area contributed by atoms with Crippen LogP contribution in [-0.4, -0.2) is 13.7 Å². The molecule has 0 heterocycles. The summed E-state index contributed by atoms with van der Waals surface area (Å²) in [6.45, 7) is 6.27. The average Bonchev–Trinajstić information content (AvgIpc) is 2.49. The van der Waals surface area contributed by atoms with E-state index in [0.717, 1.165) is 25.3 Å². The lowest BCUT2D eigenvalue weighted by molar-refractivity contribution is 0.415. The van der Waals surface area contributed by atoms with Gasteiger partial charge in [-0.2, -0.15) is 0 Å². The zero-order chi connectivity index (χ0) is 14.4. The van der Waals surface area contributed by atoms with E-state index in [9.17, 15) is 0 Å². The van der Waals surface area contributed by atoms with Gasteiger partial charge in [-0.15, -0.1) is 0 Å². The highest BCUT2D eigenvalue weighted by Crippen LogP contribution is 2.28. The van der Waals surface area contributed by atoms with E-state index in [0.29, 0.717) is 0 Å². The molecule has 1 N–H and O–H groups in total. The number of nitrogens with one attached hydrogen (secondary N) is 1. The molecule has 0 saturated heterocycles. The number of benzene rings is 2. The number of methoxy groups -OCH3 is 1. The van der Waals surface area contributed by atoms with Crippen molar-refractivity contribution in [2.24, 2.45) is 0 Å². The van der Waals surface area contributed by atoms with Crippen molar-refractivity contribution >= 4 is 0 Å². The quantitative estimate of drug-likeness (QED) is 0.795. The minimum atomic E-state index is 0.900. The van der Waals surface area contributed by atoms with E-state index in [1.165, 1.54) is 22.3 Å². The molecule has 0 unspecified atom stereocenters. The molecular weight excluding hydrogens is 246 g/mol. The van der Waals surface area contributed by atoms with Gasteiger partial charge in [-0.25, -0.2) is 0 Å². The molecule has 2 rings (SSSR count). The highest BCUT2D eigenvalue weighted by atomic mass is 16.5. The van der Waals surface area contributed by atoms with Crippen molar-refractivity contribution in [1.29, 1.82) is 0 Å². The summed E-state index contributed by atoms with van der Waals surface area (Å²) in [6.07, 6.45) is 1.15. The number of aryl methyl sites for hydroxylation is 1. The molecule has 0 amide bonds. The van der Waals surface area contributed by atoms with Crippen LogP contribution in [0.15, 0.2) is 42.5 Å². The lowest BCUT2D eigenvalue weighted by Crippen LogP contribution is -2.14. The fraction of sp³-hybridized carbons (Fsp3) is 0.333. The largest absolute Gasteiger partial charge is 0.497 e. The Hall–Kier alpha value is -1.80. The first-order valence-corrected chi connectivity index (χ1v) is 7.19. The van der Waals surface area contributed by atoms with Gasteiger partial charge in [0.2, 0.25) is 0 Å². The lowest BCUT2D eigenvalue weighted by atomic mass is 9.97. The van der Waals surface area contributed by atoms with Gasteiger partial charge in [0.25, 0.3) is 0 Å². The van der Waals surface area contributed by atoms with Gasteiger partial charge in [0.15, 0.2) is 0 Å². The molecule has 0 aliphatic heterocycles. The first-order valence-electron chi connectivity index (χ1n) is 7.19. The SMILES string of the molecule is CCCNCc1ccc(C)cc1-c1cccc(OC)c1. The zero-order valence-corrected chi connectivity index (χ0v) is 12.6. The lowest BCUT2D eigenvalue weighted by Gasteiger charge is -2.13. The topological polar surface area (TPSA) is 21.3 Å². The van der Waals surface area contributed by atoms with E-state index < -0.39 is 0 Å². The second-order valence-corrected chi connectivity index (χ2v) is 5.07. The molecule has 0 fully saturated rings. The Balaban J connectivity index is 2.34. The predicted molar refractivity (Wildman–Crippen MR) is 85.2 cm³/mol. The van der Waals surface area contributed by atoms with Crippen LogP contribution in [0.3, 0.4) is 0 Å². The average molecular weight is 269 g/mol. The highest BCUT2D eigenvalue weighted by Gasteiger charge is 2.06. The van der Waals surface area contributed by atoms with E-state index in [4.69, 9.17) is 4.74 Å². The maximum atomic E-state index is 5.33. The first kappa shape index (κ1) is 14.6. The van der Waals surface area contributed by atoms with Crippen LogP contribution < -0.4 is 10.1 Å². The zero-order valence-electron chi connectivity index (χ0n) is 12.6. The van der Waals surface area contributed by atoms with Crippen LogP contribution in [0.1, 0.15) is 24.5 Å². The standard InChI is InChI=1S/C18H23NO/c1-4-10-19-13-16-9-8-14(2)11-18(16)15-6-5-7-17(12-15)20-3/h5-9,11-12,19H,4,10,13H2,1-3H3. The number of rotatable bonds is 6. The molecule has 106 valence electrons. The van der Waals surface area contributed by atoms with Gasteiger partial charge in [0, 0.05) is 6.54 Å². The Bertz CT molecular complexity index is 563. The van der Waals surface area contributed by atoms with Crippen LogP contribution in [0.4, 0.5) is 0 Å². The molecule has 2 aromatic rings. The normalized spacial score (nSPS) is 10.6. The van der Waals surface area contributed by atoms with Gasteiger partial charge in [0.05, 0.1) is 7.11 Å². The molecule has 0 spiro atoms. The fourth-order valence-electron chi connectivity index (χ4n) is 2.30. The molecule has 0 aliphatic rings. The third kappa shape index (κ3) is 3.61. The molecule has 0 radical (unpaired) electrons. The van der Waals surface area contributed by atoms with Crippen LogP contribution in [0.5, 0.6) is 5.75 Å². The van der Waals surface area contributed by atoms with Crippen molar-refractivity contribution in [3.63, 3.8) is 0 Å². The van der Waals surface area contributed by atoms with Crippen LogP contribution in [0.2, 0.25) is 0 Å². The highest BCUT2D eigenvalue weighted by molar-refractivity contribution is 5.69. The van der Waals surface area contributed by atoms with Crippen LogP contribution in [0.25, 0.3) is 11.1 Å². The van der Waals surface area contributed by atoms with Crippen LogP contribution in [0, 0.1) is 6.92 Å². The van der Waals surface area contributed by atoms with E-state index in [1.54, 1.807) is 7.11 Å². The van der Waals surface area contributed by atoms with Crippen molar-refractivity contribution < 1.29 is 4.74 Å². The summed E-state index contributed by atoms with van der Waals surface area (Å²) < 4.78 is 5.33. The third-order valence-corrected chi connectivity index (χ3v) is 3.39. The van der Waals surface area contributed by atoms with E-state index in [-0.39, 0.29) is 0 Å². The first-order chi connectivity index (χ1) is 9.74. The molecule has 0 aliphatic carbocycles. The molecule has 0 bridgehead atoms. The van der Waals surface area contributed by atoms with Gasteiger partial charge in [-0.05, 0) is 48.7 Å². The van der Waals surface area contributed by atoms with Gasteiger partial charge < -0.3 is 10.1 Å². The van der Waals surface area contributed by atoms with Gasteiger partial charge >= 0.3 is 0 Å². The predicted octanol–water partition coefficient (Wildman–Crippen LogP) is 4.17. The molecule has 2 aromatic carbocycles. The number of ether oxygens (including phenoxy) is 1. The van der Waals surface area contributed by atoms with E-state index >= 15 is 0 Å². The Morgan fingerprint density at radius 3 is 2.70 bits per heavy atom. The van der Waals surface area contributed by atoms with Crippen molar-refractivity contribution in [1.82, 2.24) is 5.32 Å². The Kier molecular flexibility index (Phi) is 5.19. The minimum Gasteiger partial charge on any atom is -0.497 e. The van der Waals surface area contributed by atoms with Gasteiger partial charge in [-0.1, -0.05) is 42.8 Å². The summed E-state index contributed by atoms with van der Waals surface area (Å²) >= 11 is 0. The summed E-state index contributed by atoms with van der Waals surface area (Å²) in [5.74, 6) is 0.900. The summed E-state index contributed by atoms with van der Waals surface area (Å²) in [5.41, 5.74) is 5.10. The van der Waals surface area contributed by atoms with Crippen LogP contribution >= 0.6 is 0 Å². The second kappa shape index (κ2) is 7.11. The molecule has 20 heavy (non-hydrogen) atoms. The molecular formula is C18H23NO. The Morgan fingerprint density at radius 2 is 1.95 bits per heavy atom. The van der Waals surface area contributed by atoms with Crippen molar-refractivity contribution in [2.75, 3.05) is 13.7 Å². The maximum Gasteiger partial charge on any atom is 0.119 e. The van der Waals surface area contributed by atoms with E-state index in [2.05, 4.69) is 49.5 Å². The van der Waals surface area contributed by atoms with Gasteiger partial charge in [-0.3, -0.25) is 0 Å². The van der Waals surface area contributed by atoms with Crippen molar-refractivity contribution in [3.8, 4) is 16.9 Å². The molecule has 0 aromatic heterocycles. The summed E-state index contributed by atoms with van der Waals surface area (Å²) in [4.78, 5) is 0. The molecule has 0 atom stereocenters. The maximum absolute atomic E-state index is 5.33. The summed E-state index contributed by atoms with van der Waals surface area (Å²) in [7, 11) is 1.71. The Morgan fingerprint density at radius 1 is 1.10 bits per heavy atom. The monoisotopic (exact) mass is 269 g/mol. The number of hydrogen-bond acceptors (Lipinski definition) is 2. The van der Waals surface area contributed by atoms with Crippen LogP contribution in [-0.2, 0) is 6.54 Å². The molecule has 2 heteroatoms. The molecule has 2 nitrogen and oxygen atoms in total. The summed E-state index contributed by atoms with van der Waals surface area (Å²) in [6, 6.07) is 14.9. The second-order valence-electron chi connectivity index (χ2n) is 5.07. The van der Waals surface area contributed by atoms with E-state index in [1.807, 2.05) is 12.1 Å². The Labute approximate surface area is 121 Å². The smallest absolute Gasteiger partial charge is 0.119 e. The fourth-order valence-corrected chi connectivity index (χ4v) is 2.30. The van der Waals surface area contributed by atoms with Crippen molar-refractivity contribution in [2.45, 2.75) is 26.8 Å². The molecule has 0 saturated carbocycles.